The first kappa shape index (κ1) is 16.4. The van der Waals surface area contributed by atoms with Gasteiger partial charge in [-0.05, 0) is 42.5 Å². The normalized spacial score (nSPS) is 10.6. The summed E-state index contributed by atoms with van der Waals surface area (Å²) < 4.78 is 0. The molecule has 4 N–H and O–H groups in total. The van der Waals surface area contributed by atoms with E-state index in [9.17, 15) is 10.2 Å². The molecule has 0 fully saturated rings. The van der Waals surface area contributed by atoms with Crippen LogP contribution in [0.25, 0.3) is 0 Å². The molecule has 0 aliphatic carbocycles. The SMILES string of the molecule is Oc1ccc(/C=N\NC(=S)Nc2ccc(Cl)cc2Cl)c(O)c1. The zero-order chi connectivity index (χ0) is 16.1. The highest BCUT2D eigenvalue weighted by molar-refractivity contribution is 7.80. The van der Waals surface area contributed by atoms with E-state index in [0.29, 0.717) is 21.3 Å². The lowest BCUT2D eigenvalue weighted by atomic mass is 10.2. The van der Waals surface area contributed by atoms with Crippen LogP contribution in [-0.2, 0) is 0 Å². The van der Waals surface area contributed by atoms with Gasteiger partial charge in [-0.1, -0.05) is 23.2 Å². The van der Waals surface area contributed by atoms with E-state index in [-0.39, 0.29) is 16.6 Å². The fourth-order valence-corrected chi connectivity index (χ4v) is 2.16. The van der Waals surface area contributed by atoms with Gasteiger partial charge in [-0.15, -0.1) is 0 Å². The molecule has 2 aromatic carbocycles. The van der Waals surface area contributed by atoms with Gasteiger partial charge < -0.3 is 15.5 Å². The number of hydrogen-bond acceptors (Lipinski definition) is 4. The molecule has 0 saturated heterocycles. The molecule has 22 heavy (non-hydrogen) atoms. The number of aromatic hydroxyl groups is 2. The predicted octanol–water partition coefficient (Wildman–Crippen LogP) is 3.73. The quantitative estimate of drug-likeness (QED) is 0.383. The lowest BCUT2D eigenvalue weighted by Crippen LogP contribution is -2.24. The van der Waals surface area contributed by atoms with Crippen molar-refractivity contribution in [3.8, 4) is 11.5 Å². The molecule has 2 rings (SSSR count). The lowest BCUT2D eigenvalue weighted by molar-refractivity contribution is 0.450. The zero-order valence-corrected chi connectivity index (χ0v) is 13.4. The number of thiocarbonyl (C=S) groups is 1. The monoisotopic (exact) mass is 355 g/mol. The number of hydrazone groups is 1. The Morgan fingerprint density at radius 3 is 2.59 bits per heavy atom. The molecular formula is C14H11Cl2N3O2S. The van der Waals surface area contributed by atoms with Gasteiger partial charge in [0.1, 0.15) is 11.5 Å². The lowest BCUT2D eigenvalue weighted by Gasteiger charge is -2.08. The average molecular weight is 356 g/mol. The van der Waals surface area contributed by atoms with Crippen LogP contribution in [-0.4, -0.2) is 21.5 Å². The van der Waals surface area contributed by atoms with E-state index in [4.69, 9.17) is 35.4 Å². The van der Waals surface area contributed by atoms with Crippen molar-refractivity contribution in [2.45, 2.75) is 0 Å². The van der Waals surface area contributed by atoms with Gasteiger partial charge in [-0.3, -0.25) is 5.43 Å². The van der Waals surface area contributed by atoms with E-state index in [1.54, 1.807) is 18.2 Å². The molecule has 0 aromatic heterocycles. The number of nitrogens with one attached hydrogen (secondary N) is 2. The van der Waals surface area contributed by atoms with Gasteiger partial charge in [0.2, 0.25) is 0 Å². The van der Waals surface area contributed by atoms with Crippen molar-refractivity contribution in [2.75, 3.05) is 5.32 Å². The van der Waals surface area contributed by atoms with Crippen LogP contribution < -0.4 is 10.7 Å². The summed E-state index contributed by atoms with van der Waals surface area (Å²) in [5.41, 5.74) is 3.61. The van der Waals surface area contributed by atoms with Crippen LogP contribution in [0, 0.1) is 0 Å². The van der Waals surface area contributed by atoms with Crippen LogP contribution in [0.4, 0.5) is 5.69 Å². The Morgan fingerprint density at radius 2 is 1.91 bits per heavy atom. The number of hydrogen-bond donors (Lipinski definition) is 4. The van der Waals surface area contributed by atoms with E-state index in [0.717, 1.165) is 0 Å². The summed E-state index contributed by atoms with van der Waals surface area (Å²) in [6.07, 6.45) is 1.37. The van der Waals surface area contributed by atoms with Crippen LogP contribution in [0.1, 0.15) is 5.56 Å². The Kier molecular flexibility index (Phi) is 5.43. The molecule has 8 heteroatoms. The van der Waals surface area contributed by atoms with Crippen molar-refractivity contribution in [3.63, 3.8) is 0 Å². The molecule has 0 saturated carbocycles. The molecule has 0 amide bonds. The van der Waals surface area contributed by atoms with Crippen molar-refractivity contribution in [1.29, 1.82) is 0 Å². The maximum Gasteiger partial charge on any atom is 0.191 e. The maximum atomic E-state index is 9.60. The van der Waals surface area contributed by atoms with Gasteiger partial charge in [-0.2, -0.15) is 5.10 Å². The minimum absolute atomic E-state index is 0.0304. The topological polar surface area (TPSA) is 76.9 Å². The maximum absolute atomic E-state index is 9.60. The number of phenolic OH excluding ortho intramolecular Hbond substituents is 2. The first-order chi connectivity index (χ1) is 10.5. The summed E-state index contributed by atoms with van der Waals surface area (Å²) in [7, 11) is 0. The van der Waals surface area contributed by atoms with Crippen LogP contribution in [0.15, 0.2) is 41.5 Å². The van der Waals surface area contributed by atoms with Gasteiger partial charge in [-0.25, -0.2) is 0 Å². The molecule has 0 spiro atoms. The minimum atomic E-state index is -0.0924. The highest BCUT2D eigenvalue weighted by Crippen LogP contribution is 2.25. The van der Waals surface area contributed by atoms with E-state index in [2.05, 4.69) is 15.8 Å². The standard InChI is InChI=1S/C14H11Cl2N3O2S/c15-9-2-4-12(11(16)5-9)18-14(22)19-17-7-8-1-3-10(20)6-13(8)21/h1-7,20-21H,(H2,18,19,22)/b17-7-. The molecule has 0 atom stereocenters. The Morgan fingerprint density at radius 1 is 1.14 bits per heavy atom. The van der Waals surface area contributed by atoms with E-state index in [1.807, 2.05) is 0 Å². The second-order valence-electron chi connectivity index (χ2n) is 4.19. The summed E-state index contributed by atoms with van der Waals surface area (Å²) >= 11 is 16.9. The number of benzene rings is 2. The number of phenols is 2. The Bertz CT molecular complexity index is 738. The van der Waals surface area contributed by atoms with E-state index >= 15 is 0 Å². The predicted molar refractivity (Wildman–Crippen MR) is 93.2 cm³/mol. The Labute approximate surface area is 142 Å². The zero-order valence-electron chi connectivity index (χ0n) is 11.0. The largest absolute Gasteiger partial charge is 0.508 e. The summed E-state index contributed by atoms with van der Waals surface area (Å²) in [5, 5.41) is 26.7. The van der Waals surface area contributed by atoms with Gasteiger partial charge in [0.05, 0.1) is 16.9 Å². The molecule has 5 nitrogen and oxygen atoms in total. The van der Waals surface area contributed by atoms with Crippen molar-refractivity contribution in [3.05, 3.63) is 52.0 Å². The highest BCUT2D eigenvalue weighted by atomic mass is 35.5. The fourth-order valence-electron chi connectivity index (χ4n) is 1.54. The van der Waals surface area contributed by atoms with Crippen LogP contribution in [0.3, 0.4) is 0 Å². The Balaban J connectivity index is 1.96. The minimum Gasteiger partial charge on any atom is -0.508 e. The molecule has 114 valence electrons. The fraction of sp³-hybridized carbons (Fsp3) is 0. The summed E-state index contributed by atoms with van der Waals surface area (Å²) in [5.74, 6) is -0.123. The van der Waals surface area contributed by atoms with Crippen molar-refractivity contribution >= 4 is 52.4 Å². The third-order valence-corrected chi connectivity index (χ3v) is 3.30. The number of halogens is 2. The number of rotatable bonds is 3. The molecule has 0 bridgehead atoms. The smallest absolute Gasteiger partial charge is 0.191 e. The molecule has 0 aliphatic heterocycles. The van der Waals surface area contributed by atoms with Crippen molar-refractivity contribution < 1.29 is 10.2 Å². The average Bonchev–Trinajstić information content (AvgIpc) is 2.44. The second kappa shape index (κ2) is 7.31. The molecule has 0 radical (unpaired) electrons. The summed E-state index contributed by atoms with van der Waals surface area (Å²) in [6.45, 7) is 0. The third kappa shape index (κ3) is 4.49. The van der Waals surface area contributed by atoms with Crippen molar-refractivity contribution in [2.24, 2.45) is 5.10 Å². The van der Waals surface area contributed by atoms with Gasteiger partial charge >= 0.3 is 0 Å². The van der Waals surface area contributed by atoms with Gasteiger partial charge in [0, 0.05) is 16.7 Å². The Hall–Kier alpha value is -2.02. The van der Waals surface area contributed by atoms with E-state index in [1.165, 1.54) is 24.4 Å². The van der Waals surface area contributed by atoms with Gasteiger partial charge in [0.15, 0.2) is 5.11 Å². The summed E-state index contributed by atoms with van der Waals surface area (Å²) in [4.78, 5) is 0. The molecule has 2 aromatic rings. The second-order valence-corrected chi connectivity index (χ2v) is 5.44. The van der Waals surface area contributed by atoms with E-state index < -0.39 is 0 Å². The van der Waals surface area contributed by atoms with Crippen LogP contribution in [0.2, 0.25) is 10.0 Å². The third-order valence-electron chi connectivity index (χ3n) is 2.56. The molecule has 0 heterocycles. The van der Waals surface area contributed by atoms with Gasteiger partial charge in [0.25, 0.3) is 0 Å². The molecule has 0 unspecified atom stereocenters. The highest BCUT2D eigenvalue weighted by Gasteiger charge is 2.03. The first-order valence-electron chi connectivity index (χ1n) is 6.03. The summed E-state index contributed by atoms with van der Waals surface area (Å²) in [6, 6.07) is 9.12. The van der Waals surface area contributed by atoms with Crippen molar-refractivity contribution in [1.82, 2.24) is 5.43 Å². The van der Waals surface area contributed by atoms with Crippen LogP contribution >= 0.6 is 35.4 Å². The molecule has 0 aliphatic rings. The van der Waals surface area contributed by atoms with Crippen LogP contribution in [0.5, 0.6) is 11.5 Å². The number of anilines is 1. The molecular weight excluding hydrogens is 345 g/mol. The number of nitrogens with zero attached hydrogens (tertiary/aromatic N) is 1. The first-order valence-corrected chi connectivity index (χ1v) is 7.19.